The van der Waals surface area contributed by atoms with Gasteiger partial charge in [0.2, 0.25) is 0 Å². The van der Waals surface area contributed by atoms with Gasteiger partial charge in [-0.1, -0.05) is 23.2 Å². The monoisotopic (exact) mass is 409 g/mol. The molecule has 0 radical (unpaired) electrons. The number of nitrogens with one attached hydrogen (secondary N) is 1. The Hall–Kier alpha value is -0.890. The van der Waals surface area contributed by atoms with Gasteiger partial charge in [-0.25, -0.2) is 18.4 Å². The standard InChI is InChI=1S/C12H10BrCl2N3O2S/c1-6-3-8(14)7(2)12(11(6)15)21(19,20)18-10-5-16-9(13)4-17-10/h3-5H,1-2H3,(H,17,18). The lowest BCUT2D eigenvalue weighted by Crippen LogP contribution is -2.16. The minimum atomic E-state index is -3.92. The number of rotatable bonds is 3. The lowest BCUT2D eigenvalue weighted by molar-refractivity contribution is 0.600. The van der Waals surface area contributed by atoms with E-state index in [0.717, 1.165) is 0 Å². The first kappa shape index (κ1) is 16.5. The number of aryl methyl sites for hydroxylation is 1. The number of nitrogens with zero attached hydrogens (tertiary/aromatic N) is 2. The highest BCUT2D eigenvalue weighted by molar-refractivity contribution is 9.10. The Kier molecular flexibility index (Phi) is 4.77. The van der Waals surface area contributed by atoms with Gasteiger partial charge in [-0.3, -0.25) is 4.72 Å². The van der Waals surface area contributed by atoms with E-state index >= 15 is 0 Å². The summed E-state index contributed by atoms with van der Waals surface area (Å²) in [7, 11) is -3.92. The van der Waals surface area contributed by atoms with E-state index in [2.05, 4.69) is 30.6 Å². The topological polar surface area (TPSA) is 72.0 Å². The van der Waals surface area contributed by atoms with Crippen molar-refractivity contribution >= 4 is 55.0 Å². The molecule has 0 amide bonds. The lowest BCUT2D eigenvalue weighted by atomic mass is 10.2. The molecule has 1 N–H and O–H groups in total. The predicted octanol–water partition coefficient (Wildman–Crippen LogP) is 3.96. The van der Waals surface area contributed by atoms with Crippen LogP contribution in [0.5, 0.6) is 0 Å². The molecule has 2 rings (SSSR count). The number of halogens is 3. The summed E-state index contributed by atoms with van der Waals surface area (Å²) in [5.74, 6) is 0.0892. The normalized spacial score (nSPS) is 11.5. The van der Waals surface area contributed by atoms with Crippen molar-refractivity contribution in [3.63, 3.8) is 0 Å². The Morgan fingerprint density at radius 1 is 1.19 bits per heavy atom. The van der Waals surface area contributed by atoms with E-state index in [0.29, 0.717) is 20.8 Å². The fourth-order valence-corrected chi connectivity index (χ4v) is 4.10. The third-order valence-electron chi connectivity index (χ3n) is 2.72. The van der Waals surface area contributed by atoms with Crippen molar-refractivity contribution in [2.75, 3.05) is 4.72 Å². The molecule has 0 bridgehead atoms. The second kappa shape index (κ2) is 6.08. The van der Waals surface area contributed by atoms with Gasteiger partial charge in [0.05, 0.1) is 17.4 Å². The second-order valence-electron chi connectivity index (χ2n) is 4.27. The van der Waals surface area contributed by atoms with Crippen LogP contribution in [-0.2, 0) is 10.0 Å². The zero-order valence-electron chi connectivity index (χ0n) is 11.0. The number of benzene rings is 1. The van der Waals surface area contributed by atoms with E-state index in [1.807, 2.05) is 0 Å². The molecule has 0 unspecified atom stereocenters. The molecule has 112 valence electrons. The maximum Gasteiger partial charge on any atom is 0.264 e. The van der Waals surface area contributed by atoms with E-state index < -0.39 is 10.0 Å². The Bertz CT molecular complexity index is 769. The molecule has 9 heteroatoms. The molecule has 0 aliphatic rings. The van der Waals surface area contributed by atoms with Crippen molar-refractivity contribution in [3.05, 3.63) is 44.2 Å². The molecule has 5 nitrogen and oxygen atoms in total. The lowest BCUT2D eigenvalue weighted by Gasteiger charge is -2.14. The van der Waals surface area contributed by atoms with Crippen LogP contribution in [0.1, 0.15) is 11.1 Å². The Morgan fingerprint density at radius 3 is 2.43 bits per heavy atom. The molecule has 0 fully saturated rings. The summed E-state index contributed by atoms with van der Waals surface area (Å²) in [6.45, 7) is 3.28. The zero-order chi connectivity index (χ0) is 15.8. The minimum absolute atomic E-state index is 0.0566. The molecule has 0 aliphatic carbocycles. The number of hydrogen-bond donors (Lipinski definition) is 1. The molecule has 1 aromatic carbocycles. The summed E-state index contributed by atoms with van der Waals surface area (Å²) in [5.41, 5.74) is 0.958. The highest BCUT2D eigenvalue weighted by Gasteiger charge is 2.24. The van der Waals surface area contributed by atoms with E-state index in [1.165, 1.54) is 12.4 Å². The van der Waals surface area contributed by atoms with Gasteiger partial charge >= 0.3 is 0 Å². The van der Waals surface area contributed by atoms with Crippen LogP contribution in [0.4, 0.5) is 5.82 Å². The molecule has 1 aromatic heterocycles. The Morgan fingerprint density at radius 2 is 1.86 bits per heavy atom. The summed E-state index contributed by atoms with van der Waals surface area (Å²) < 4.78 is 27.8. The fraction of sp³-hybridized carbons (Fsp3) is 0.167. The zero-order valence-corrected chi connectivity index (χ0v) is 14.9. The van der Waals surface area contributed by atoms with Crippen LogP contribution in [-0.4, -0.2) is 18.4 Å². The molecule has 1 heterocycles. The first-order chi connectivity index (χ1) is 9.72. The maximum absolute atomic E-state index is 12.5. The van der Waals surface area contributed by atoms with Crippen molar-refractivity contribution in [1.29, 1.82) is 0 Å². The largest absolute Gasteiger partial charge is 0.264 e. The molecular weight excluding hydrogens is 401 g/mol. The molecule has 2 aromatic rings. The van der Waals surface area contributed by atoms with Crippen LogP contribution in [0.25, 0.3) is 0 Å². The van der Waals surface area contributed by atoms with Gasteiger partial charge in [0.25, 0.3) is 10.0 Å². The van der Waals surface area contributed by atoms with Gasteiger partial charge < -0.3 is 0 Å². The van der Waals surface area contributed by atoms with Crippen molar-refractivity contribution in [2.24, 2.45) is 0 Å². The van der Waals surface area contributed by atoms with Crippen molar-refractivity contribution in [1.82, 2.24) is 9.97 Å². The minimum Gasteiger partial charge on any atom is -0.262 e. The predicted molar refractivity (Wildman–Crippen MR) is 86.5 cm³/mol. The van der Waals surface area contributed by atoms with Gasteiger partial charge in [0, 0.05) is 5.02 Å². The summed E-state index contributed by atoms with van der Waals surface area (Å²) in [4.78, 5) is 7.77. The molecule has 0 saturated heterocycles. The summed E-state index contributed by atoms with van der Waals surface area (Å²) in [5, 5.41) is 0.466. The van der Waals surface area contributed by atoms with Gasteiger partial charge in [-0.05, 0) is 47.0 Å². The summed E-state index contributed by atoms with van der Waals surface area (Å²) >= 11 is 15.3. The average molecular weight is 411 g/mol. The average Bonchev–Trinajstić information content (AvgIpc) is 2.39. The van der Waals surface area contributed by atoms with Gasteiger partial charge in [0.1, 0.15) is 9.50 Å². The van der Waals surface area contributed by atoms with Crippen LogP contribution in [0, 0.1) is 13.8 Å². The van der Waals surface area contributed by atoms with E-state index in [9.17, 15) is 8.42 Å². The number of sulfonamides is 1. The van der Waals surface area contributed by atoms with Crippen LogP contribution < -0.4 is 4.72 Å². The molecular formula is C12H10BrCl2N3O2S. The Balaban J connectivity index is 2.52. The number of hydrogen-bond acceptors (Lipinski definition) is 4. The third-order valence-corrected chi connectivity index (χ3v) is 5.64. The van der Waals surface area contributed by atoms with Crippen molar-refractivity contribution < 1.29 is 8.42 Å². The quantitative estimate of drug-likeness (QED) is 0.830. The first-order valence-electron chi connectivity index (χ1n) is 5.68. The van der Waals surface area contributed by atoms with Crippen LogP contribution in [0.2, 0.25) is 10.0 Å². The van der Waals surface area contributed by atoms with Crippen LogP contribution >= 0.6 is 39.1 Å². The fourth-order valence-electron chi connectivity index (χ4n) is 1.69. The van der Waals surface area contributed by atoms with Crippen LogP contribution in [0.3, 0.4) is 0 Å². The molecule has 0 atom stereocenters. The van der Waals surface area contributed by atoms with Crippen LogP contribution in [0.15, 0.2) is 28.0 Å². The number of anilines is 1. The van der Waals surface area contributed by atoms with Crippen molar-refractivity contribution in [3.8, 4) is 0 Å². The van der Waals surface area contributed by atoms with Gasteiger partial charge in [0.15, 0.2) is 5.82 Å². The summed E-state index contributed by atoms with van der Waals surface area (Å²) in [6, 6.07) is 1.62. The molecule has 0 aliphatic heterocycles. The van der Waals surface area contributed by atoms with Gasteiger partial charge in [-0.2, -0.15) is 0 Å². The first-order valence-corrected chi connectivity index (χ1v) is 8.71. The smallest absolute Gasteiger partial charge is 0.262 e. The summed E-state index contributed by atoms with van der Waals surface area (Å²) in [6.07, 6.45) is 2.68. The third kappa shape index (κ3) is 3.48. The molecule has 0 saturated carbocycles. The maximum atomic E-state index is 12.5. The van der Waals surface area contributed by atoms with Gasteiger partial charge in [-0.15, -0.1) is 0 Å². The highest BCUT2D eigenvalue weighted by atomic mass is 79.9. The second-order valence-corrected chi connectivity index (χ2v) is 7.49. The highest BCUT2D eigenvalue weighted by Crippen LogP contribution is 2.34. The molecule has 21 heavy (non-hydrogen) atoms. The molecule has 0 spiro atoms. The van der Waals surface area contributed by atoms with E-state index in [4.69, 9.17) is 23.2 Å². The SMILES string of the molecule is Cc1cc(Cl)c(C)c(S(=O)(=O)Nc2cnc(Br)cn2)c1Cl. The Labute approximate surface area is 140 Å². The van der Waals surface area contributed by atoms with E-state index in [-0.39, 0.29) is 15.7 Å². The van der Waals surface area contributed by atoms with Crippen molar-refractivity contribution in [2.45, 2.75) is 18.7 Å². The number of aromatic nitrogens is 2. The van der Waals surface area contributed by atoms with E-state index in [1.54, 1.807) is 19.9 Å².